The molecule has 0 aliphatic carbocycles. The van der Waals surface area contributed by atoms with Gasteiger partial charge in [-0.1, -0.05) is 13.0 Å². The van der Waals surface area contributed by atoms with Crippen molar-refractivity contribution in [2.75, 3.05) is 12.3 Å². The molecule has 15 heavy (non-hydrogen) atoms. The maximum absolute atomic E-state index is 11.7. The van der Waals surface area contributed by atoms with Crippen LogP contribution < -0.4 is 0 Å². The lowest BCUT2D eigenvalue weighted by Gasteiger charge is -2.22. The Balaban J connectivity index is 2.95. The third kappa shape index (κ3) is 2.38. The van der Waals surface area contributed by atoms with E-state index in [1.807, 2.05) is 0 Å². The lowest BCUT2D eigenvalue weighted by atomic mass is 10.2. The third-order valence-corrected chi connectivity index (χ3v) is 4.36. The van der Waals surface area contributed by atoms with Crippen LogP contribution in [-0.4, -0.2) is 42.1 Å². The second-order valence-corrected chi connectivity index (χ2v) is 5.62. The number of carboxylic acid groups (broad SMARTS) is 1. The summed E-state index contributed by atoms with van der Waals surface area (Å²) < 4.78 is 24.5. The van der Waals surface area contributed by atoms with Gasteiger partial charge in [0.1, 0.15) is 6.04 Å². The van der Waals surface area contributed by atoms with Gasteiger partial charge in [-0.2, -0.15) is 4.31 Å². The van der Waals surface area contributed by atoms with Crippen LogP contribution in [0.3, 0.4) is 0 Å². The zero-order valence-corrected chi connectivity index (χ0v) is 9.62. The maximum atomic E-state index is 11.7. The highest BCUT2D eigenvalue weighted by molar-refractivity contribution is 7.89. The van der Waals surface area contributed by atoms with E-state index in [1.54, 1.807) is 19.9 Å². The summed E-state index contributed by atoms with van der Waals surface area (Å²) in [5, 5.41) is 8.94. The van der Waals surface area contributed by atoms with Gasteiger partial charge in [0.25, 0.3) is 0 Å². The van der Waals surface area contributed by atoms with Crippen LogP contribution in [-0.2, 0) is 14.8 Å². The van der Waals surface area contributed by atoms with E-state index in [2.05, 4.69) is 0 Å². The van der Waals surface area contributed by atoms with Gasteiger partial charge in [0.2, 0.25) is 10.0 Å². The van der Waals surface area contributed by atoms with Crippen LogP contribution in [0.4, 0.5) is 0 Å². The normalized spacial score (nSPS) is 22.8. The lowest BCUT2D eigenvalue weighted by molar-refractivity contribution is -0.139. The van der Waals surface area contributed by atoms with E-state index >= 15 is 0 Å². The van der Waals surface area contributed by atoms with Gasteiger partial charge >= 0.3 is 5.97 Å². The molecule has 5 nitrogen and oxygen atoms in total. The van der Waals surface area contributed by atoms with Gasteiger partial charge in [-0.25, -0.2) is 8.42 Å². The van der Waals surface area contributed by atoms with Gasteiger partial charge in [-0.05, 0) is 18.9 Å². The van der Waals surface area contributed by atoms with Gasteiger partial charge in [0.05, 0.1) is 5.75 Å². The first-order valence-electron chi connectivity index (χ1n) is 4.79. The second-order valence-electron chi connectivity index (χ2n) is 3.57. The first-order chi connectivity index (χ1) is 6.90. The van der Waals surface area contributed by atoms with Gasteiger partial charge in [0, 0.05) is 6.54 Å². The summed E-state index contributed by atoms with van der Waals surface area (Å²) in [6.45, 7) is 3.56. The molecule has 0 radical (unpaired) electrons. The highest BCUT2D eigenvalue weighted by Crippen LogP contribution is 2.22. The Morgan fingerprint density at radius 3 is 2.73 bits per heavy atom. The molecule has 1 heterocycles. The van der Waals surface area contributed by atoms with Crippen molar-refractivity contribution in [3.05, 3.63) is 11.6 Å². The van der Waals surface area contributed by atoms with E-state index in [0.29, 0.717) is 12.0 Å². The van der Waals surface area contributed by atoms with E-state index in [0.717, 1.165) is 4.31 Å². The van der Waals surface area contributed by atoms with Crippen molar-refractivity contribution in [1.29, 1.82) is 0 Å². The molecule has 6 heteroatoms. The van der Waals surface area contributed by atoms with Crippen LogP contribution >= 0.6 is 0 Å². The van der Waals surface area contributed by atoms with Crippen molar-refractivity contribution in [2.24, 2.45) is 0 Å². The van der Waals surface area contributed by atoms with Gasteiger partial charge in [0.15, 0.2) is 0 Å². The molecule has 0 saturated carbocycles. The Bertz CT molecular complexity index is 385. The number of hydrogen-bond acceptors (Lipinski definition) is 3. The summed E-state index contributed by atoms with van der Waals surface area (Å²) in [4.78, 5) is 10.9. The number of carboxylic acids is 1. The lowest BCUT2D eigenvalue weighted by Crippen LogP contribution is -2.43. The van der Waals surface area contributed by atoms with Gasteiger partial charge < -0.3 is 5.11 Å². The summed E-state index contributed by atoms with van der Waals surface area (Å²) in [7, 11) is -3.44. The zero-order valence-electron chi connectivity index (χ0n) is 8.80. The second kappa shape index (κ2) is 4.32. The number of sulfonamides is 1. The van der Waals surface area contributed by atoms with Gasteiger partial charge in [-0.15, -0.1) is 0 Å². The Labute approximate surface area is 89.4 Å². The quantitative estimate of drug-likeness (QED) is 0.715. The Morgan fingerprint density at radius 1 is 1.67 bits per heavy atom. The van der Waals surface area contributed by atoms with Crippen molar-refractivity contribution in [1.82, 2.24) is 4.31 Å². The molecular weight excluding hydrogens is 218 g/mol. The molecule has 0 aromatic heterocycles. The van der Waals surface area contributed by atoms with Crippen LogP contribution in [0.1, 0.15) is 20.3 Å². The fraction of sp³-hybridized carbons (Fsp3) is 0.667. The minimum Gasteiger partial charge on any atom is -0.480 e. The number of nitrogens with zero attached hydrogens (tertiary/aromatic N) is 1. The first-order valence-corrected chi connectivity index (χ1v) is 6.40. The molecule has 0 aromatic carbocycles. The number of aliphatic carboxylic acids is 1. The SMILES string of the molecule is CCCS(=O)(=O)N1CC=C(C)C1C(=O)O. The molecule has 1 N–H and O–H groups in total. The molecule has 0 amide bonds. The van der Waals surface area contributed by atoms with Crippen LogP contribution in [0, 0.1) is 0 Å². The number of rotatable bonds is 4. The highest BCUT2D eigenvalue weighted by Gasteiger charge is 2.38. The van der Waals surface area contributed by atoms with E-state index in [4.69, 9.17) is 5.11 Å². The molecule has 0 fully saturated rings. The monoisotopic (exact) mass is 233 g/mol. The largest absolute Gasteiger partial charge is 0.480 e. The predicted molar refractivity (Wildman–Crippen MR) is 56.0 cm³/mol. The maximum Gasteiger partial charge on any atom is 0.326 e. The van der Waals surface area contributed by atoms with Gasteiger partial charge in [-0.3, -0.25) is 4.79 Å². The molecule has 0 aromatic rings. The molecular formula is C9H15NO4S. The van der Waals surface area contributed by atoms with Crippen molar-refractivity contribution >= 4 is 16.0 Å². The van der Waals surface area contributed by atoms with Crippen molar-refractivity contribution in [2.45, 2.75) is 26.3 Å². The first kappa shape index (κ1) is 12.2. The van der Waals surface area contributed by atoms with E-state index < -0.39 is 22.0 Å². The van der Waals surface area contributed by atoms with Crippen LogP contribution in [0.15, 0.2) is 11.6 Å². The molecule has 1 aliphatic rings. The topological polar surface area (TPSA) is 74.7 Å². The summed E-state index contributed by atoms with van der Waals surface area (Å²) in [6.07, 6.45) is 2.14. The van der Waals surface area contributed by atoms with E-state index in [1.165, 1.54) is 0 Å². The third-order valence-electron chi connectivity index (χ3n) is 2.37. The van der Waals surface area contributed by atoms with E-state index in [9.17, 15) is 13.2 Å². The fourth-order valence-corrected chi connectivity index (χ4v) is 3.28. The smallest absolute Gasteiger partial charge is 0.326 e. The molecule has 1 atom stereocenters. The molecule has 0 spiro atoms. The van der Waals surface area contributed by atoms with E-state index in [-0.39, 0.29) is 12.3 Å². The van der Waals surface area contributed by atoms with Crippen molar-refractivity contribution in [3.63, 3.8) is 0 Å². The average molecular weight is 233 g/mol. The minimum absolute atomic E-state index is 0.00208. The predicted octanol–water partition coefficient (Wildman–Crippen LogP) is 0.441. The molecule has 1 aliphatic heterocycles. The number of carbonyl (C=O) groups is 1. The van der Waals surface area contributed by atoms with Crippen molar-refractivity contribution in [3.8, 4) is 0 Å². The molecule has 0 saturated heterocycles. The summed E-state index contributed by atoms with van der Waals surface area (Å²) in [5.74, 6) is -1.11. The Hall–Kier alpha value is -0.880. The zero-order chi connectivity index (χ0) is 11.6. The fourth-order valence-electron chi connectivity index (χ4n) is 1.65. The minimum atomic E-state index is -3.44. The molecule has 1 rings (SSSR count). The summed E-state index contributed by atoms with van der Waals surface area (Å²) in [6, 6.07) is -1.01. The Morgan fingerprint density at radius 2 is 2.27 bits per heavy atom. The summed E-state index contributed by atoms with van der Waals surface area (Å²) >= 11 is 0. The molecule has 0 bridgehead atoms. The average Bonchev–Trinajstić information content (AvgIpc) is 2.47. The van der Waals surface area contributed by atoms with Crippen LogP contribution in [0.25, 0.3) is 0 Å². The number of hydrogen-bond donors (Lipinski definition) is 1. The molecule has 1 unspecified atom stereocenters. The van der Waals surface area contributed by atoms with Crippen LogP contribution in [0.5, 0.6) is 0 Å². The molecule has 86 valence electrons. The standard InChI is InChI=1S/C9H15NO4S/c1-3-6-15(13,14)10-5-4-7(2)8(10)9(11)12/h4,8H,3,5-6H2,1-2H3,(H,11,12). The highest BCUT2D eigenvalue weighted by atomic mass is 32.2. The van der Waals surface area contributed by atoms with Crippen molar-refractivity contribution < 1.29 is 18.3 Å². The Kier molecular flexibility index (Phi) is 3.51. The summed E-state index contributed by atoms with van der Waals surface area (Å²) in [5.41, 5.74) is 0.585. The van der Waals surface area contributed by atoms with Crippen LogP contribution in [0.2, 0.25) is 0 Å².